The van der Waals surface area contributed by atoms with Crippen molar-refractivity contribution in [1.82, 2.24) is 10.2 Å². The van der Waals surface area contributed by atoms with Gasteiger partial charge in [0.05, 0.1) is 0 Å². The number of ether oxygens (including phenoxy) is 1. The number of nitrogens with zero attached hydrogens (tertiary/aromatic N) is 1. The number of benzene rings is 3. The van der Waals surface area contributed by atoms with Gasteiger partial charge in [0.1, 0.15) is 11.8 Å². The van der Waals surface area contributed by atoms with Gasteiger partial charge >= 0.3 is 0 Å². The molecule has 0 bridgehead atoms. The molecule has 0 spiro atoms. The standard InChI is InChI=1S/C31H35BrN2O3/c1-23-15-17-28(18-16-23)37-22-30(35)34(21-25-11-8-12-26(32)19-25)29(20-24-9-4-2-5-10-24)31(36)33-27-13-6-3-7-14-27/h2,4-5,8-12,15-19,27,29H,3,6-7,13-14,20-22H2,1H3,(H,33,36)/t29-/m1/s1. The monoisotopic (exact) mass is 562 g/mol. The van der Waals surface area contributed by atoms with E-state index in [0.29, 0.717) is 18.7 Å². The van der Waals surface area contributed by atoms with Crippen LogP contribution in [0.25, 0.3) is 0 Å². The highest BCUT2D eigenvalue weighted by atomic mass is 79.9. The van der Waals surface area contributed by atoms with Crippen LogP contribution in [0.4, 0.5) is 0 Å². The summed E-state index contributed by atoms with van der Waals surface area (Å²) in [4.78, 5) is 29.2. The Hall–Kier alpha value is -3.12. The molecule has 1 N–H and O–H groups in total. The molecule has 5 nitrogen and oxygen atoms in total. The van der Waals surface area contributed by atoms with Gasteiger partial charge in [-0.05, 0) is 55.2 Å². The van der Waals surface area contributed by atoms with Gasteiger partial charge in [-0.3, -0.25) is 9.59 Å². The Morgan fingerprint density at radius 3 is 2.35 bits per heavy atom. The van der Waals surface area contributed by atoms with Crippen molar-refractivity contribution in [3.05, 3.63) is 100 Å². The second kappa shape index (κ2) is 13.4. The highest BCUT2D eigenvalue weighted by molar-refractivity contribution is 9.10. The molecule has 0 saturated heterocycles. The second-order valence-electron chi connectivity index (χ2n) is 9.80. The minimum absolute atomic E-state index is 0.102. The number of carbonyl (C=O) groups excluding carboxylic acids is 2. The third-order valence-corrected chi connectivity index (χ3v) is 7.34. The Balaban J connectivity index is 1.60. The first-order chi connectivity index (χ1) is 18.0. The summed E-state index contributed by atoms with van der Waals surface area (Å²) in [5.74, 6) is 0.308. The molecule has 1 aliphatic rings. The van der Waals surface area contributed by atoms with Gasteiger partial charge in [-0.1, -0.05) is 95.4 Å². The molecule has 1 saturated carbocycles. The van der Waals surface area contributed by atoms with E-state index in [4.69, 9.17) is 4.74 Å². The van der Waals surface area contributed by atoms with E-state index < -0.39 is 6.04 Å². The number of amides is 2. The topological polar surface area (TPSA) is 58.6 Å². The minimum atomic E-state index is -0.655. The van der Waals surface area contributed by atoms with E-state index in [9.17, 15) is 9.59 Å². The lowest BCUT2D eigenvalue weighted by molar-refractivity contribution is -0.143. The summed E-state index contributed by atoms with van der Waals surface area (Å²) in [6.07, 6.45) is 5.87. The largest absolute Gasteiger partial charge is 0.484 e. The van der Waals surface area contributed by atoms with Crippen LogP contribution in [0, 0.1) is 6.92 Å². The van der Waals surface area contributed by atoms with Crippen LogP contribution in [0.15, 0.2) is 83.3 Å². The highest BCUT2D eigenvalue weighted by Gasteiger charge is 2.32. The molecular formula is C31H35BrN2O3. The lowest BCUT2D eigenvalue weighted by Crippen LogP contribution is -2.53. The number of hydrogen-bond acceptors (Lipinski definition) is 3. The Kier molecular flexibility index (Phi) is 9.78. The maximum atomic E-state index is 13.8. The van der Waals surface area contributed by atoms with Crippen LogP contribution in [-0.2, 0) is 22.6 Å². The van der Waals surface area contributed by atoms with Crippen molar-refractivity contribution >= 4 is 27.7 Å². The number of rotatable bonds is 10. The molecule has 0 unspecified atom stereocenters. The van der Waals surface area contributed by atoms with Gasteiger partial charge in [0.2, 0.25) is 5.91 Å². The van der Waals surface area contributed by atoms with E-state index in [1.54, 1.807) is 4.90 Å². The molecular weight excluding hydrogens is 528 g/mol. The first-order valence-corrected chi connectivity index (χ1v) is 13.8. The van der Waals surface area contributed by atoms with Crippen LogP contribution in [0.1, 0.15) is 48.8 Å². The highest BCUT2D eigenvalue weighted by Crippen LogP contribution is 2.21. The number of carbonyl (C=O) groups is 2. The van der Waals surface area contributed by atoms with Crippen LogP contribution in [0.5, 0.6) is 5.75 Å². The summed E-state index contributed by atoms with van der Waals surface area (Å²) in [5.41, 5.74) is 3.08. The fourth-order valence-corrected chi connectivity index (χ4v) is 5.24. The number of halogens is 1. The van der Waals surface area contributed by atoms with Crippen molar-refractivity contribution in [3.8, 4) is 5.75 Å². The predicted octanol–water partition coefficient (Wildman–Crippen LogP) is 6.23. The minimum Gasteiger partial charge on any atom is -0.484 e. The molecule has 0 aromatic heterocycles. The first-order valence-electron chi connectivity index (χ1n) is 13.1. The second-order valence-corrected chi connectivity index (χ2v) is 10.7. The van der Waals surface area contributed by atoms with Gasteiger partial charge in [-0.15, -0.1) is 0 Å². The summed E-state index contributed by atoms with van der Waals surface area (Å²) in [7, 11) is 0. The number of nitrogens with one attached hydrogen (secondary N) is 1. The molecule has 37 heavy (non-hydrogen) atoms. The fourth-order valence-electron chi connectivity index (χ4n) is 4.79. The quantitative estimate of drug-likeness (QED) is 0.319. The predicted molar refractivity (Wildman–Crippen MR) is 150 cm³/mol. The van der Waals surface area contributed by atoms with Crippen molar-refractivity contribution in [2.75, 3.05) is 6.61 Å². The molecule has 3 aromatic carbocycles. The van der Waals surface area contributed by atoms with Crippen LogP contribution in [-0.4, -0.2) is 35.4 Å². The van der Waals surface area contributed by atoms with E-state index in [1.807, 2.05) is 85.8 Å². The van der Waals surface area contributed by atoms with Crippen molar-refractivity contribution in [3.63, 3.8) is 0 Å². The number of hydrogen-bond donors (Lipinski definition) is 1. The van der Waals surface area contributed by atoms with E-state index in [-0.39, 0.29) is 24.5 Å². The SMILES string of the molecule is Cc1ccc(OCC(=O)N(Cc2cccc(Br)c2)[C@H](Cc2ccccc2)C(=O)NC2CCCCC2)cc1. The summed E-state index contributed by atoms with van der Waals surface area (Å²) in [6, 6.07) is 24.9. The summed E-state index contributed by atoms with van der Waals surface area (Å²) < 4.78 is 6.79. The molecule has 2 amide bonds. The maximum absolute atomic E-state index is 13.8. The zero-order valence-corrected chi connectivity index (χ0v) is 23.0. The van der Waals surface area contributed by atoms with Crippen LogP contribution >= 0.6 is 15.9 Å². The Labute approximate surface area is 228 Å². The van der Waals surface area contributed by atoms with E-state index in [2.05, 4.69) is 21.2 Å². The normalized spacial score (nSPS) is 14.5. The zero-order chi connectivity index (χ0) is 26.0. The molecule has 194 valence electrons. The van der Waals surface area contributed by atoms with Crippen molar-refractivity contribution in [2.24, 2.45) is 0 Å². The van der Waals surface area contributed by atoms with E-state index in [0.717, 1.165) is 46.8 Å². The molecule has 1 atom stereocenters. The molecule has 1 fully saturated rings. The third-order valence-electron chi connectivity index (χ3n) is 6.85. The fraction of sp³-hybridized carbons (Fsp3) is 0.355. The third kappa shape index (κ3) is 8.19. The molecule has 6 heteroatoms. The molecule has 3 aromatic rings. The lowest BCUT2D eigenvalue weighted by atomic mass is 9.94. The first kappa shape index (κ1) is 26.9. The number of aryl methyl sites for hydroxylation is 1. The Morgan fingerprint density at radius 1 is 0.946 bits per heavy atom. The average Bonchev–Trinajstić information content (AvgIpc) is 2.91. The van der Waals surface area contributed by atoms with E-state index >= 15 is 0 Å². The summed E-state index contributed by atoms with van der Waals surface area (Å²) >= 11 is 3.53. The maximum Gasteiger partial charge on any atom is 0.261 e. The van der Waals surface area contributed by atoms with Crippen molar-refractivity contribution in [2.45, 2.75) is 64.1 Å². The molecule has 0 aliphatic heterocycles. The molecule has 4 rings (SSSR count). The van der Waals surface area contributed by atoms with Crippen molar-refractivity contribution < 1.29 is 14.3 Å². The van der Waals surface area contributed by atoms with Crippen LogP contribution in [0.3, 0.4) is 0 Å². The average molecular weight is 564 g/mol. The van der Waals surface area contributed by atoms with Gasteiger partial charge in [0.25, 0.3) is 5.91 Å². The zero-order valence-electron chi connectivity index (χ0n) is 21.4. The van der Waals surface area contributed by atoms with Gasteiger partial charge < -0.3 is 15.0 Å². The molecule has 1 aliphatic carbocycles. The van der Waals surface area contributed by atoms with Gasteiger partial charge in [-0.25, -0.2) is 0 Å². The molecule has 0 heterocycles. The lowest BCUT2D eigenvalue weighted by Gasteiger charge is -2.33. The summed E-state index contributed by atoms with van der Waals surface area (Å²) in [5, 5.41) is 3.27. The molecule has 0 radical (unpaired) electrons. The Morgan fingerprint density at radius 2 is 1.65 bits per heavy atom. The van der Waals surface area contributed by atoms with Gasteiger partial charge in [-0.2, -0.15) is 0 Å². The van der Waals surface area contributed by atoms with Crippen LogP contribution in [0.2, 0.25) is 0 Å². The Bertz CT molecular complexity index is 1160. The van der Waals surface area contributed by atoms with E-state index in [1.165, 1.54) is 6.42 Å². The van der Waals surface area contributed by atoms with Crippen LogP contribution < -0.4 is 10.1 Å². The van der Waals surface area contributed by atoms with Crippen molar-refractivity contribution in [1.29, 1.82) is 0 Å². The smallest absolute Gasteiger partial charge is 0.261 e. The summed E-state index contributed by atoms with van der Waals surface area (Å²) in [6.45, 7) is 2.18. The van der Waals surface area contributed by atoms with Gasteiger partial charge in [0, 0.05) is 23.5 Å². The van der Waals surface area contributed by atoms with Gasteiger partial charge in [0.15, 0.2) is 6.61 Å².